The molecule has 0 spiro atoms. The Labute approximate surface area is 72.7 Å². The molecule has 0 amide bonds. The van der Waals surface area contributed by atoms with E-state index in [-0.39, 0.29) is 18.4 Å². The first kappa shape index (κ1) is 11.0. The fourth-order valence-corrected chi connectivity index (χ4v) is 0.696. The molecule has 12 heavy (non-hydrogen) atoms. The van der Waals surface area contributed by atoms with E-state index in [1.165, 1.54) is 13.2 Å². The molecule has 0 radical (unpaired) electrons. The first-order chi connectivity index (χ1) is 5.56. The lowest BCUT2D eigenvalue weighted by Gasteiger charge is -1.99. The number of nitrogens with zero attached hydrogens (tertiary/aromatic N) is 1. The highest BCUT2D eigenvalue weighted by Crippen LogP contribution is 1.91. The highest BCUT2D eigenvalue weighted by molar-refractivity contribution is 5.91. The number of ether oxygens (including phenoxy) is 1. The third kappa shape index (κ3) is 5.73. The van der Waals surface area contributed by atoms with Crippen molar-refractivity contribution in [2.75, 3.05) is 13.7 Å². The summed E-state index contributed by atoms with van der Waals surface area (Å²) in [6.45, 7) is 3.98. The van der Waals surface area contributed by atoms with E-state index in [0.29, 0.717) is 5.84 Å². The van der Waals surface area contributed by atoms with Crippen LogP contribution in [0, 0.1) is 0 Å². The van der Waals surface area contributed by atoms with Crippen molar-refractivity contribution >= 4 is 5.84 Å². The summed E-state index contributed by atoms with van der Waals surface area (Å²) in [6.07, 6.45) is 1.39. The van der Waals surface area contributed by atoms with Crippen molar-refractivity contribution in [3.63, 3.8) is 0 Å². The van der Waals surface area contributed by atoms with Crippen LogP contribution in [0.2, 0.25) is 0 Å². The summed E-state index contributed by atoms with van der Waals surface area (Å²) in [5.74, 6) is 0.402. The molecule has 4 nitrogen and oxygen atoms in total. The van der Waals surface area contributed by atoms with Crippen LogP contribution in [0.4, 0.5) is 0 Å². The van der Waals surface area contributed by atoms with E-state index in [4.69, 9.17) is 10.8 Å². The Balaban J connectivity index is 4.12. The van der Waals surface area contributed by atoms with E-state index >= 15 is 0 Å². The van der Waals surface area contributed by atoms with Crippen LogP contribution >= 0.6 is 0 Å². The van der Waals surface area contributed by atoms with Crippen LogP contribution in [0.5, 0.6) is 0 Å². The average Bonchev–Trinajstić information content (AvgIpc) is 1.84. The van der Waals surface area contributed by atoms with E-state index in [0.717, 1.165) is 0 Å². The van der Waals surface area contributed by atoms with Crippen LogP contribution in [-0.2, 0) is 4.74 Å². The molecule has 0 fully saturated rings. The largest absolute Gasteiger partial charge is 0.510 e. The Hall–Kier alpha value is -1.03. The topological polar surface area (TPSA) is 67.8 Å². The minimum absolute atomic E-state index is 0.0828. The molecule has 3 N–H and O–H groups in total. The van der Waals surface area contributed by atoms with Crippen LogP contribution in [0.25, 0.3) is 0 Å². The molecule has 0 aromatic carbocycles. The second-order valence-corrected chi connectivity index (χ2v) is 2.72. The van der Waals surface area contributed by atoms with Gasteiger partial charge in [0.05, 0.1) is 0 Å². The molecule has 0 saturated carbocycles. The summed E-state index contributed by atoms with van der Waals surface area (Å²) < 4.78 is 4.68. The van der Waals surface area contributed by atoms with Crippen LogP contribution < -0.4 is 5.73 Å². The lowest BCUT2D eigenvalue weighted by Crippen LogP contribution is -2.12. The number of aliphatic hydroxyl groups is 1. The van der Waals surface area contributed by atoms with Gasteiger partial charge in [-0.1, -0.05) is 0 Å². The SMILES string of the molecule is COC/C(O)=C/C(N)=NC(C)C. The maximum absolute atomic E-state index is 9.11. The second-order valence-electron chi connectivity index (χ2n) is 2.72. The minimum Gasteiger partial charge on any atom is -0.510 e. The molecule has 0 bridgehead atoms. The van der Waals surface area contributed by atoms with Gasteiger partial charge in [-0.3, -0.25) is 4.99 Å². The fraction of sp³-hybridized carbons (Fsp3) is 0.625. The molecular formula is C8H16N2O2. The van der Waals surface area contributed by atoms with Crippen molar-refractivity contribution in [2.24, 2.45) is 10.7 Å². The van der Waals surface area contributed by atoms with Gasteiger partial charge in [0.25, 0.3) is 0 Å². The van der Waals surface area contributed by atoms with E-state index in [1.54, 1.807) is 0 Å². The highest BCUT2D eigenvalue weighted by atomic mass is 16.5. The lowest BCUT2D eigenvalue weighted by atomic mass is 10.4. The monoisotopic (exact) mass is 172 g/mol. The minimum atomic E-state index is 0.0828. The fourth-order valence-electron chi connectivity index (χ4n) is 0.696. The van der Waals surface area contributed by atoms with Crippen molar-refractivity contribution in [1.29, 1.82) is 0 Å². The Bertz CT molecular complexity index is 185. The van der Waals surface area contributed by atoms with Gasteiger partial charge in [0.15, 0.2) is 0 Å². The van der Waals surface area contributed by atoms with Crippen molar-refractivity contribution in [3.8, 4) is 0 Å². The maximum Gasteiger partial charge on any atom is 0.122 e. The molecule has 0 aromatic heterocycles. The Morgan fingerprint density at radius 3 is 2.67 bits per heavy atom. The number of methoxy groups -OCH3 is 1. The first-order valence-corrected chi connectivity index (χ1v) is 3.78. The molecule has 0 aliphatic rings. The van der Waals surface area contributed by atoms with Crippen LogP contribution in [0.3, 0.4) is 0 Å². The quantitative estimate of drug-likeness (QED) is 0.375. The number of amidine groups is 1. The van der Waals surface area contributed by atoms with Crippen LogP contribution in [0.15, 0.2) is 16.8 Å². The molecular weight excluding hydrogens is 156 g/mol. The zero-order valence-electron chi connectivity index (χ0n) is 7.74. The summed E-state index contributed by atoms with van der Waals surface area (Å²) in [5.41, 5.74) is 5.46. The molecule has 0 atom stereocenters. The summed E-state index contributed by atoms with van der Waals surface area (Å²) in [5, 5.41) is 9.11. The summed E-state index contributed by atoms with van der Waals surface area (Å²) in [7, 11) is 1.50. The predicted molar refractivity (Wildman–Crippen MR) is 49.3 cm³/mol. The van der Waals surface area contributed by atoms with E-state index in [2.05, 4.69) is 9.73 Å². The summed E-state index contributed by atoms with van der Waals surface area (Å²) >= 11 is 0. The average molecular weight is 172 g/mol. The predicted octanol–water partition coefficient (Wildman–Crippen LogP) is 0.840. The van der Waals surface area contributed by atoms with Crippen LogP contribution in [-0.4, -0.2) is 30.7 Å². The smallest absolute Gasteiger partial charge is 0.122 e. The van der Waals surface area contributed by atoms with Gasteiger partial charge in [0.2, 0.25) is 0 Å². The van der Waals surface area contributed by atoms with Gasteiger partial charge >= 0.3 is 0 Å². The standard InChI is InChI=1S/C8H16N2O2/c1-6(2)10-8(9)4-7(11)5-12-3/h4,6,11H,5H2,1-3H3,(H2,9,10)/b7-4-. The van der Waals surface area contributed by atoms with Crippen LogP contribution in [0.1, 0.15) is 13.8 Å². The van der Waals surface area contributed by atoms with Crippen molar-refractivity contribution in [1.82, 2.24) is 0 Å². The summed E-state index contributed by atoms with van der Waals surface area (Å²) in [6, 6.07) is 0.136. The van der Waals surface area contributed by atoms with Gasteiger partial charge in [-0.25, -0.2) is 0 Å². The zero-order chi connectivity index (χ0) is 9.56. The zero-order valence-corrected chi connectivity index (χ0v) is 7.74. The molecule has 0 saturated heterocycles. The van der Waals surface area contributed by atoms with E-state index in [1.807, 2.05) is 13.8 Å². The van der Waals surface area contributed by atoms with Gasteiger partial charge < -0.3 is 15.6 Å². The lowest BCUT2D eigenvalue weighted by molar-refractivity contribution is 0.183. The van der Waals surface area contributed by atoms with E-state index in [9.17, 15) is 0 Å². The molecule has 4 heteroatoms. The number of nitrogens with two attached hydrogens (primary N) is 1. The third-order valence-corrected chi connectivity index (χ3v) is 1.01. The highest BCUT2D eigenvalue weighted by Gasteiger charge is 1.94. The Kier molecular flexibility index (Phi) is 5.12. The Morgan fingerprint density at radius 1 is 1.67 bits per heavy atom. The maximum atomic E-state index is 9.11. The van der Waals surface area contributed by atoms with Crippen molar-refractivity contribution < 1.29 is 9.84 Å². The molecule has 0 heterocycles. The number of hydrogen-bond donors (Lipinski definition) is 2. The van der Waals surface area contributed by atoms with Gasteiger partial charge in [0, 0.05) is 19.2 Å². The molecule has 0 aromatic rings. The molecule has 0 rings (SSSR count). The Morgan fingerprint density at radius 2 is 2.25 bits per heavy atom. The molecule has 0 unspecified atom stereocenters. The number of hydrogen-bond acceptors (Lipinski definition) is 3. The number of rotatable bonds is 4. The number of aliphatic hydroxyl groups excluding tert-OH is 1. The van der Waals surface area contributed by atoms with E-state index < -0.39 is 0 Å². The molecule has 70 valence electrons. The van der Waals surface area contributed by atoms with Crippen molar-refractivity contribution in [3.05, 3.63) is 11.8 Å². The molecule has 0 aliphatic carbocycles. The second kappa shape index (κ2) is 5.60. The molecule has 0 aliphatic heterocycles. The van der Waals surface area contributed by atoms with Gasteiger partial charge in [0.1, 0.15) is 18.2 Å². The van der Waals surface area contributed by atoms with Gasteiger partial charge in [-0.2, -0.15) is 0 Å². The third-order valence-electron chi connectivity index (χ3n) is 1.01. The first-order valence-electron chi connectivity index (χ1n) is 3.78. The van der Waals surface area contributed by atoms with Gasteiger partial charge in [-0.05, 0) is 13.8 Å². The normalized spacial score (nSPS) is 14.0. The van der Waals surface area contributed by atoms with Gasteiger partial charge in [-0.15, -0.1) is 0 Å². The number of aliphatic imine (C=N–C) groups is 1. The summed E-state index contributed by atoms with van der Waals surface area (Å²) in [4.78, 5) is 4.00. The van der Waals surface area contributed by atoms with Crippen molar-refractivity contribution in [2.45, 2.75) is 19.9 Å².